The summed E-state index contributed by atoms with van der Waals surface area (Å²) in [6.07, 6.45) is 0. The van der Waals surface area contributed by atoms with E-state index in [4.69, 9.17) is 10.7 Å². The molecule has 1 aliphatic heterocycles. The molecule has 0 spiro atoms. The smallest absolute Gasteiger partial charge is 0.230 e. The Labute approximate surface area is 163 Å². The van der Waals surface area contributed by atoms with Crippen LogP contribution in [-0.4, -0.2) is 53.1 Å². The van der Waals surface area contributed by atoms with Crippen LogP contribution in [0.5, 0.6) is 0 Å². The molecule has 0 bridgehead atoms. The number of anilines is 2. The molecule has 1 saturated heterocycles. The van der Waals surface area contributed by atoms with Crippen molar-refractivity contribution >= 4 is 34.4 Å². The Kier molecular flexibility index (Phi) is 5.13. The van der Waals surface area contributed by atoms with Crippen LogP contribution in [0.1, 0.15) is 18.0 Å². The monoisotopic (exact) mass is 380 g/mol. The van der Waals surface area contributed by atoms with Gasteiger partial charge < -0.3 is 15.5 Å². The zero-order chi connectivity index (χ0) is 18.8. The second-order valence-electron chi connectivity index (χ2n) is 6.88. The highest BCUT2D eigenvalue weighted by atomic mass is 32.2. The maximum Gasteiger partial charge on any atom is 0.230 e. The van der Waals surface area contributed by atoms with Gasteiger partial charge in [-0.05, 0) is 30.8 Å². The Bertz CT molecular complexity index is 933. The van der Waals surface area contributed by atoms with Crippen molar-refractivity contribution < 1.29 is 0 Å². The molecule has 7 heteroatoms. The SMILES string of the molecule is CC(Sc1cccc2ccccc12)c1nc(N)nc(N2CCN(C)CC2)n1. The van der Waals surface area contributed by atoms with Crippen LogP contribution in [0.4, 0.5) is 11.9 Å². The van der Waals surface area contributed by atoms with Gasteiger partial charge in [-0.2, -0.15) is 15.0 Å². The molecular weight excluding hydrogens is 356 g/mol. The van der Waals surface area contributed by atoms with Crippen molar-refractivity contribution in [2.45, 2.75) is 17.1 Å². The first-order valence-corrected chi connectivity index (χ1v) is 10.1. The highest BCUT2D eigenvalue weighted by Gasteiger charge is 2.20. The van der Waals surface area contributed by atoms with Crippen molar-refractivity contribution in [1.29, 1.82) is 0 Å². The fraction of sp³-hybridized carbons (Fsp3) is 0.350. The fourth-order valence-corrected chi connectivity index (χ4v) is 4.33. The lowest BCUT2D eigenvalue weighted by atomic mass is 10.1. The van der Waals surface area contributed by atoms with Crippen LogP contribution in [-0.2, 0) is 0 Å². The van der Waals surface area contributed by atoms with Crippen LogP contribution in [0, 0.1) is 0 Å². The minimum atomic E-state index is 0.0762. The number of aromatic nitrogens is 3. The zero-order valence-electron chi connectivity index (χ0n) is 15.7. The number of nitrogen functional groups attached to an aromatic ring is 1. The second kappa shape index (κ2) is 7.70. The first kappa shape index (κ1) is 18.0. The summed E-state index contributed by atoms with van der Waals surface area (Å²) in [5.41, 5.74) is 6.01. The summed E-state index contributed by atoms with van der Waals surface area (Å²) in [5.74, 6) is 1.71. The van der Waals surface area contributed by atoms with Crippen molar-refractivity contribution in [2.75, 3.05) is 43.9 Å². The molecule has 1 aliphatic rings. The highest BCUT2D eigenvalue weighted by Crippen LogP contribution is 2.37. The van der Waals surface area contributed by atoms with Gasteiger partial charge in [0.15, 0.2) is 0 Å². The maximum absolute atomic E-state index is 6.01. The van der Waals surface area contributed by atoms with E-state index in [9.17, 15) is 0 Å². The molecule has 1 unspecified atom stereocenters. The first-order valence-electron chi connectivity index (χ1n) is 9.19. The molecule has 27 heavy (non-hydrogen) atoms. The molecule has 0 radical (unpaired) electrons. The number of hydrogen-bond donors (Lipinski definition) is 1. The third-order valence-electron chi connectivity index (χ3n) is 4.86. The number of benzene rings is 2. The minimum Gasteiger partial charge on any atom is -0.368 e. The number of likely N-dealkylation sites (N-methyl/N-ethyl adjacent to an activating group) is 1. The number of piperazine rings is 1. The van der Waals surface area contributed by atoms with E-state index in [2.05, 4.69) is 76.2 Å². The molecule has 140 valence electrons. The Hall–Kier alpha value is -2.38. The van der Waals surface area contributed by atoms with E-state index in [1.165, 1.54) is 15.7 Å². The summed E-state index contributed by atoms with van der Waals surface area (Å²) in [7, 11) is 2.13. The number of hydrogen-bond acceptors (Lipinski definition) is 7. The van der Waals surface area contributed by atoms with E-state index in [0.29, 0.717) is 11.9 Å². The highest BCUT2D eigenvalue weighted by molar-refractivity contribution is 7.99. The van der Waals surface area contributed by atoms with Gasteiger partial charge in [-0.15, -0.1) is 11.8 Å². The number of thioether (sulfide) groups is 1. The lowest BCUT2D eigenvalue weighted by Gasteiger charge is -2.32. The van der Waals surface area contributed by atoms with E-state index in [-0.39, 0.29) is 5.25 Å². The first-order chi connectivity index (χ1) is 13.1. The van der Waals surface area contributed by atoms with E-state index < -0.39 is 0 Å². The van der Waals surface area contributed by atoms with Crippen molar-refractivity contribution in [1.82, 2.24) is 19.9 Å². The molecule has 1 atom stereocenters. The molecule has 0 saturated carbocycles. The van der Waals surface area contributed by atoms with Gasteiger partial charge in [0.05, 0.1) is 5.25 Å². The third kappa shape index (κ3) is 3.99. The van der Waals surface area contributed by atoms with E-state index >= 15 is 0 Å². The zero-order valence-corrected chi connectivity index (χ0v) is 16.5. The van der Waals surface area contributed by atoms with Crippen LogP contribution >= 0.6 is 11.8 Å². The van der Waals surface area contributed by atoms with Crippen LogP contribution in [0.15, 0.2) is 47.4 Å². The van der Waals surface area contributed by atoms with Gasteiger partial charge >= 0.3 is 0 Å². The van der Waals surface area contributed by atoms with E-state index in [1.54, 1.807) is 11.8 Å². The van der Waals surface area contributed by atoms with Gasteiger partial charge in [0.25, 0.3) is 0 Å². The average molecular weight is 381 g/mol. The molecular formula is C20H24N6S. The fourth-order valence-electron chi connectivity index (χ4n) is 3.27. The Morgan fingerprint density at radius 1 is 0.963 bits per heavy atom. The summed E-state index contributed by atoms with van der Waals surface area (Å²) < 4.78 is 0. The van der Waals surface area contributed by atoms with Crippen molar-refractivity contribution in [2.24, 2.45) is 0 Å². The van der Waals surface area contributed by atoms with E-state index in [0.717, 1.165) is 32.0 Å². The van der Waals surface area contributed by atoms with Crippen molar-refractivity contribution in [3.63, 3.8) is 0 Å². The quantitative estimate of drug-likeness (QED) is 0.697. The molecule has 0 amide bonds. The van der Waals surface area contributed by atoms with E-state index in [1.807, 2.05) is 0 Å². The molecule has 4 rings (SSSR count). The molecule has 6 nitrogen and oxygen atoms in total. The van der Waals surface area contributed by atoms with Crippen LogP contribution in [0.2, 0.25) is 0 Å². The average Bonchev–Trinajstić information content (AvgIpc) is 2.68. The number of nitrogens with two attached hydrogens (primary N) is 1. The lowest BCUT2D eigenvalue weighted by Crippen LogP contribution is -2.45. The summed E-state index contributed by atoms with van der Waals surface area (Å²) >= 11 is 1.76. The predicted molar refractivity (Wildman–Crippen MR) is 112 cm³/mol. The normalized spacial score (nSPS) is 16.6. The maximum atomic E-state index is 6.01. The van der Waals surface area contributed by atoms with Gasteiger partial charge in [-0.25, -0.2) is 0 Å². The van der Waals surface area contributed by atoms with Gasteiger partial charge in [-0.1, -0.05) is 36.4 Å². The second-order valence-corrected chi connectivity index (χ2v) is 8.26. The third-order valence-corrected chi connectivity index (χ3v) is 6.04. The molecule has 3 aromatic rings. The molecule has 1 aromatic heterocycles. The lowest BCUT2D eigenvalue weighted by molar-refractivity contribution is 0.311. The molecule has 2 heterocycles. The Morgan fingerprint density at radius 2 is 1.70 bits per heavy atom. The molecule has 0 aliphatic carbocycles. The molecule has 2 aromatic carbocycles. The van der Waals surface area contributed by atoms with Gasteiger partial charge in [0.1, 0.15) is 5.82 Å². The van der Waals surface area contributed by atoms with Gasteiger partial charge in [0, 0.05) is 31.1 Å². The predicted octanol–water partition coefficient (Wildman–Crippen LogP) is 3.21. The Morgan fingerprint density at radius 3 is 2.52 bits per heavy atom. The van der Waals surface area contributed by atoms with Crippen LogP contribution in [0.25, 0.3) is 10.8 Å². The molecule has 2 N–H and O–H groups in total. The topological polar surface area (TPSA) is 71.2 Å². The molecule has 1 fully saturated rings. The van der Waals surface area contributed by atoms with Crippen molar-refractivity contribution in [3.05, 3.63) is 48.3 Å². The minimum absolute atomic E-state index is 0.0762. The van der Waals surface area contributed by atoms with Crippen molar-refractivity contribution in [3.8, 4) is 0 Å². The summed E-state index contributed by atoms with van der Waals surface area (Å²) in [6.45, 7) is 5.94. The van der Waals surface area contributed by atoms with Gasteiger partial charge in [0.2, 0.25) is 11.9 Å². The van der Waals surface area contributed by atoms with Crippen LogP contribution in [0.3, 0.4) is 0 Å². The number of nitrogens with zero attached hydrogens (tertiary/aromatic N) is 5. The summed E-state index contributed by atoms with van der Waals surface area (Å²) in [4.78, 5) is 19.3. The summed E-state index contributed by atoms with van der Waals surface area (Å²) in [6, 6.07) is 14.8. The largest absolute Gasteiger partial charge is 0.368 e. The van der Waals surface area contributed by atoms with Gasteiger partial charge in [-0.3, -0.25) is 0 Å². The van der Waals surface area contributed by atoms with Crippen LogP contribution < -0.4 is 10.6 Å². The summed E-state index contributed by atoms with van der Waals surface area (Å²) in [5, 5.41) is 2.56. The Balaban J connectivity index is 1.59. The number of rotatable bonds is 4. The number of fused-ring (bicyclic) bond motifs is 1. The standard InChI is InChI=1S/C20H24N6S/c1-14(27-17-9-5-7-15-6-3-4-8-16(15)17)18-22-19(21)24-20(23-18)26-12-10-25(2)11-13-26/h3-9,14H,10-13H2,1-2H3,(H2,21,22,23,24).